The summed E-state index contributed by atoms with van der Waals surface area (Å²) >= 11 is 0. The van der Waals surface area contributed by atoms with Gasteiger partial charge < -0.3 is 20.1 Å². The lowest BCUT2D eigenvalue weighted by Gasteiger charge is -2.21. The van der Waals surface area contributed by atoms with Crippen molar-refractivity contribution in [1.29, 1.82) is 0 Å². The first-order valence-corrected chi connectivity index (χ1v) is 7.81. The number of aromatic hydroxyl groups is 1. The number of carbonyl (C=O) groups excluding carboxylic acids is 3. The molecule has 1 saturated heterocycles. The van der Waals surface area contributed by atoms with E-state index in [0.29, 0.717) is 19.5 Å². The van der Waals surface area contributed by atoms with E-state index >= 15 is 0 Å². The number of phenolic OH excluding ortho intramolecular Hbond substituents is 1. The van der Waals surface area contributed by atoms with Gasteiger partial charge in [0.05, 0.1) is 12.7 Å². The Balaban J connectivity index is 2.00. The predicted molar refractivity (Wildman–Crippen MR) is 86.7 cm³/mol. The molecule has 24 heavy (non-hydrogen) atoms. The van der Waals surface area contributed by atoms with Gasteiger partial charge in [-0.2, -0.15) is 0 Å². The van der Waals surface area contributed by atoms with Crippen molar-refractivity contribution in [3.8, 4) is 5.75 Å². The molecule has 0 radical (unpaired) electrons. The van der Waals surface area contributed by atoms with Crippen LogP contribution >= 0.6 is 0 Å². The number of hydrogen-bond acceptors (Lipinski definition) is 5. The normalized spacial score (nSPS) is 17.2. The van der Waals surface area contributed by atoms with Gasteiger partial charge in [0.15, 0.2) is 0 Å². The average molecular weight is 334 g/mol. The van der Waals surface area contributed by atoms with Gasteiger partial charge in [0.25, 0.3) is 5.91 Å². The molecule has 1 aliphatic rings. The summed E-state index contributed by atoms with van der Waals surface area (Å²) in [6, 6.07) is 4.02. The number of amides is 2. The molecule has 2 rings (SSSR count). The molecule has 0 spiro atoms. The van der Waals surface area contributed by atoms with Crippen LogP contribution in [0.5, 0.6) is 5.75 Å². The Morgan fingerprint density at radius 2 is 2.00 bits per heavy atom. The van der Waals surface area contributed by atoms with E-state index in [0.717, 1.165) is 0 Å². The first-order valence-electron chi connectivity index (χ1n) is 7.81. The highest BCUT2D eigenvalue weighted by atomic mass is 16.5. The van der Waals surface area contributed by atoms with Gasteiger partial charge in [-0.25, -0.2) is 4.79 Å². The second-order valence-corrected chi connectivity index (χ2v) is 6.18. The maximum Gasteiger partial charge on any atom is 0.338 e. The summed E-state index contributed by atoms with van der Waals surface area (Å²) < 4.78 is 4.59. The fraction of sp³-hybridized carbons (Fsp3) is 0.471. The quantitative estimate of drug-likeness (QED) is 0.788. The zero-order valence-electron chi connectivity index (χ0n) is 14.0. The highest BCUT2D eigenvalue weighted by molar-refractivity contribution is 5.98. The Morgan fingerprint density at radius 3 is 2.58 bits per heavy atom. The molecule has 2 N–H and O–H groups in total. The molecule has 1 aromatic rings. The molecule has 1 aromatic carbocycles. The molecule has 0 aromatic heterocycles. The number of phenols is 1. The highest BCUT2D eigenvalue weighted by Gasteiger charge is 2.31. The van der Waals surface area contributed by atoms with Crippen LogP contribution in [-0.2, 0) is 9.53 Å². The van der Waals surface area contributed by atoms with Crippen LogP contribution < -0.4 is 5.32 Å². The maximum absolute atomic E-state index is 12.2. The number of ether oxygens (including phenoxy) is 1. The molecule has 1 fully saturated rings. The largest absolute Gasteiger partial charge is 0.508 e. The predicted octanol–water partition coefficient (Wildman–Crippen LogP) is 1.17. The second kappa shape index (κ2) is 7.33. The topological polar surface area (TPSA) is 95.9 Å². The standard InChI is InChI=1S/C17H22N2O5/c1-10(2)19-9-11(4-15(19)21)8-18-16(22)12-5-13(17(23)24-3)7-14(20)6-12/h5-7,10-11,20H,4,8-9H2,1-3H3,(H,18,22). The van der Waals surface area contributed by atoms with Crippen LogP contribution in [0, 0.1) is 5.92 Å². The molecule has 1 unspecified atom stereocenters. The first kappa shape index (κ1) is 17.8. The zero-order valence-corrected chi connectivity index (χ0v) is 14.0. The van der Waals surface area contributed by atoms with E-state index in [-0.39, 0.29) is 34.7 Å². The van der Waals surface area contributed by atoms with Gasteiger partial charge in [-0.05, 0) is 32.0 Å². The van der Waals surface area contributed by atoms with E-state index in [1.807, 2.05) is 13.8 Å². The summed E-state index contributed by atoms with van der Waals surface area (Å²) in [6.07, 6.45) is 0.409. The van der Waals surface area contributed by atoms with Gasteiger partial charge in [-0.15, -0.1) is 0 Å². The van der Waals surface area contributed by atoms with E-state index in [2.05, 4.69) is 10.1 Å². The molecular weight excluding hydrogens is 312 g/mol. The van der Waals surface area contributed by atoms with Gasteiger partial charge in [-0.1, -0.05) is 0 Å². The fourth-order valence-electron chi connectivity index (χ4n) is 2.76. The number of carbonyl (C=O) groups is 3. The molecule has 1 heterocycles. The molecular formula is C17H22N2O5. The second-order valence-electron chi connectivity index (χ2n) is 6.18. The first-order chi connectivity index (χ1) is 11.3. The minimum Gasteiger partial charge on any atom is -0.508 e. The summed E-state index contributed by atoms with van der Waals surface area (Å²) in [5.74, 6) is -1.08. The van der Waals surface area contributed by atoms with Gasteiger partial charge in [0, 0.05) is 37.0 Å². The summed E-state index contributed by atoms with van der Waals surface area (Å²) in [5.41, 5.74) is 0.269. The Labute approximate surface area is 140 Å². The smallest absolute Gasteiger partial charge is 0.338 e. The van der Waals surface area contributed by atoms with Gasteiger partial charge in [0.2, 0.25) is 5.91 Å². The SMILES string of the molecule is COC(=O)c1cc(O)cc(C(=O)NCC2CC(=O)N(C(C)C)C2)c1. The van der Waals surface area contributed by atoms with Crippen LogP contribution in [0.25, 0.3) is 0 Å². The molecule has 1 atom stereocenters. The minimum atomic E-state index is -0.631. The number of hydrogen-bond donors (Lipinski definition) is 2. The van der Waals surface area contributed by atoms with Crippen LogP contribution in [0.3, 0.4) is 0 Å². The lowest BCUT2D eigenvalue weighted by Crippen LogP contribution is -2.34. The lowest BCUT2D eigenvalue weighted by atomic mass is 10.1. The van der Waals surface area contributed by atoms with Crippen LogP contribution in [0.4, 0.5) is 0 Å². The van der Waals surface area contributed by atoms with Crippen LogP contribution in [0.1, 0.15) is 41.0 Å². The van der Waals surface area contributed by atoms with Crippen molar-refractivity contribution in [3.63, 3.8) is 0 Å². The third-order valence-corrected chi connectivity index (χ3v) is 4.01. The van der Waals surface area contributed by atoms with E-state index in [1.165, 1.54) is 25.3 Å². The molecule has 1 aliphatic heterocycles. The third kappa shape index (κ3) is 4.04. The monoisotopic (exact) mass is 334 g/mol. The number of methoxy groups -OCH3 is 1. The number of esters is 1. The van der Waals surface area contributed by atoms with Crippen LogP contribution in [0.2, 0.25) is 0 Å². The van der Waals surface area contributed by atoms with Crippen LogP contribution in [0.15, 0.2) is 18.2 Å². The molecule has 0 aliphatic carbocycles. The van der Waals surface area contributed by atoms with Crippen molar-refractivity contribution < 1.29 is 24.2 Å². The number of nitrogens with one attached hydrogen (secondary N) is 1. The van der Waals surface area contributed by atoms with Crippen molar-refractivity contribution in [3.05, 3.63) is 29.3 Å². The Bertz CT molecular complexity index is 656. The number of nitrogens with zero attached hydrogens (tertiary/aromatic N) is 1. The number of rotatable bonds is 5. The van der Waals surface area contributed by atoms with Gasteiger partial charge in [-0.3, -0.25) is 9.59 Å². The molecule has 130 valence electrons. The Morgan fingerprint density at radius 1 is 1.33 bits per heavy atom. The number of likely N-dealkylation sites (tertiary alicyclic amines) is 1. The Kier molecular flexibility index (Phi) is 5.43. The fourth-order valence-corrected chi connectivity index (χ4v) is 2.76. The third-order valence-electron chi connectivity index (χ3n) is 4.01. The molecule has 7 heteroatoms. The summed E-state index contributed by atoms with van der Waals surface area (Å²) in [6.45, 7) is 4.89. The highest BCUT2D eigenvalue weighted by Crippen LogP contribution is 2.20. The van der Waals surface area contributed by atoms with Crippen molar-refractivity contribution in [2.75, 3.05) is 20.2 Å². The van der Waals surface area contributed by atoms with E-state index in [1.54, 1.807) is 4.90 Å². The summed E-state index contributed by atoms with van der Waals surface area (Å²) in [7, 11) is 1.23. The molecule has 2 amide bonds. The molecule has 0 bridgehead atoms. The maximum atomic E-state index is 12.2. The van der Waals surface area contributed by atoms with Gasteiger partial charge in [0.1, 0.15) is 5.75 Å². The average Bonchev–Trinajstić information content (AvgIpc) is 2.92. The summed E-state index contributed by atoms with van der Waals surface area (Å²) in [4.78, 5) is 37.4. The lowest BCUT2D eigenvalue weighted by molar-refractivity contribution is -0.129. The van der Waals surface area contributed by atoms with Crippen molar-refractivity contribution in [1.82, 2.24) is 10.2 Å². The minimum absolute atomic E-state index is 0.0567. The van der Waals surface area contributed by atoms with Gasteiger partial charge >= 0.3 is 5.97 Å². The van der Waals surface area contributed by atoms with Crippen molar-refractivity contribution >= 4 is 17.8 Å². The van der Waals surface area contributed by atoms with Crippen LogP contribution in [-0.4, -0.2) is 54.0 Å². The zero-order chi connectivity index (χ0) is 17.9. The van der Waals surface area contributed by atoms with E-state index in [4.69, 9.17) is 0 Å². The molecule has 0 saturated carbocycles. The number of benzene rings is 1. The van der Waals surface area contributed by atoms with Crippen molar-refractivity contribution in [2.45, 2.75) is 26.3 Å². The summed E-state index contributed by atoms with van der Waals surface area (Å²) in [5, 5.41) is 12.4. The molecule has 7 nitrogen and oxygen atoms in total. The van der Waals surface area contributed by atoms with E-state index < -0.39 is 11.9 Å². The Hall–Kier alpha value is -2.57. The van der Waals surface area contributed by atoms with E-state index in [9.17, 15) is 19.5 Å². The van der Waals surface area contributed by atoms with Crippen molar-refractivity contribution in [2.24, 2.45) is 5.92 Å².